The van der Waals surface area contributed by atoms with E-state index in [1.54, 1.807) is 13.0 Å². The second kappa shape index (κ2) is 3.98. The average molecular weight is 221 g/mol. The first-order valence-corrected chi connectivity index (χ1v) is 5.63. The van der Waals surface area contributed by atoms with Crippen LogP contribution in [0.15, 0.2) is 18.2 Å². The molecule has 1 saturated carbocycles. The molecule has 0 aromatic heterocycles. The Morgan fingerprint density at radius 3 is 2.56 bits per heavy atom. The molecule has 1 fully saturated rings. The molecule has 86 valence electrons. The van der Waals surface area contributed by atoms with E-state index in [2.05, 4.69) is 0 Å². The summed E-state index contributed by atoms with van der Waals surface area (Å²) in [6.07, 6.45) is 3.48. The van der Waals surface area contributed by atoms with Gasteiger partial charge in [-0.3, -0.25) is 4.79 Å². The molecule has 0 radical (unpaired) electrons. The average Bonchev–Trinajstić information content (AvgIpc) is 2.70. The largest absolute Gasteiger partial charge is 0.319 e. The summed E-state index contributed by atoms with van der Waals surface area (Å²) in [6, 6.07) is 4.45. The van der Waals surface area contributed by atoms with Gasteiger partial charge in [0.05, 0.1) is 5.54 Å². The van der Waals surface area contributed by atoms with E-state index in [-0.39, 0.29) is 11.6 Å². The second-order valence-electron chi connectivity index (χ2n) is 4.66. The van der Waals surface area contributed by atoms with Crippen molar-refractivity contribution in [1.29, 1.82) is 0 Å². The maximum Gasteiger partial charge on any atom is 0.182 e. The number of hydrogen-bond donors (Lipinski definition) is 1. The summed E-state index contributed by atoms with van der Waals surface area (Å²) in [4.78, 5) is 12.2. The van der Waals surface area contributed by atoms with Crippen LogP contribution in [0.3, 0.4) is 0 Å². The first-order valence-electron chi connectivity index (χ1n) is 5.63. The van der Waals surface area contributed by atoms with Gasteiger partial charge in [-0.25, -0.2) is 4.39 Å². The summed E-state index contributed by atoms with van der Waals surface area (Å²) in [5.41, 5.74) is 6.39. The van der Waals surface area contributed by atoms with Crippen molar-refractivity contribution in [2.45, 2.75) is 38.1 Å². The highest BCUT2D eigenvalue weighted by atomic mass is 19.1. The maximum atomic E-state index is 13.1. The molecule has 3 heteroatoms. The van der Waals surface area contributed by atoms with Gasteiger partial charge in [0.25, 0.3) is 0 Å². The standard InChI is InChI=1S/C13H16FNO/c1-9-8-10(4-5-11(9)14)12(16)13(15)6-2-3-7-13/h4-5,8H,2-3,6-7,15H2,1H3. The first kappa shape index (κ1) is 11.3. The van der Waals surface area contributed by atoms with Crippen molar-refractivity contribution in [1.82, 2.24) is 0 Å². The summed E-state index contributed by atoms with van der Waals surface area (Å²) in [5.74, 6) is -0.331. The molecule has 0 amide bonds. The van der Waals surface area contributed by atoms with Gasteiger partial charge < -0.3 is 5.73 Å². The van der Waals surface area contributed by atoms with Crippen LogP contribution in [0.5, 0.6) is 0 Å². The minimum Gasteiger partial charge on any atom is -0.319 e. The van der Waals surface area contributed by atoms with Gasteiger partial charge in [0.15, 0.2) is 5.78 Å². The molecule has 2 rings (SSSR count). The van der Waals surface area contributed by atoms with E-state index in [1.807, 2.05) is 0 Å². The number of carbonyl (C=O) groups excluding carboxylic acids is 1. The first-order chi connectivity index (χ1) is 7.53. The fourth-order valence-electron chi connectivity index (χ4n) is 2.31. The fraction of sp³-hybridized carbons (Fsp3) is 0.462. The molecule has 1 aromatic rings. The van der Waals surface area contributed by atoms with Crippen LogP contribution >= 0.6 is 0 Å². The predicted octanol–water partition coefficient (Wildman–Crippen LogP) is 2.59. The summed E-state index contributed by atoms with van der Waals surface area (Å²) in [7, 11) is 0. The number of halogens is 1. The van der Waals surface area contributed by atoms with Crippen molar-refractivity contribution in [2.24, 2.45) is 5.73 Å². The Kier molecular flexibility index (Phi) is 2.80. The molecule has 16 heavy (non-hydrogen) atoms. The van der Waals surface area contributed by atoms with Gasteiger partial charge in [-0.15, -0.1) is 0 Å². The third-order valence-electron chi connectivity index (χ3n) is 3.37. The van der Waals surface area contributed by atoms with Crippen molar-refractivity contribution in [3.05, 3.63) is 35.1 Å². The zero-order chi connectivity index (χ0) is 11.8. The fourth-order valence-corrected chi connectivity index (χ4v) is 2.31. The van der Waals surface area contributed by atoms with E-state index in [9.17, 15) is 9.18 Å². The van der Waals surface area contributed by atoms with Gasteiger partial charge in [0.2, 0.25) is 0 Å². The normalized spacial score (nSPS) is 18.7. The topological polar surface area (TPSA) is 43.1 Å². The number of Topliss-reactive ketones (excluding diaryl/α,β-unsaturated/α-hetero) is 1. The second-order valence-corrected chi connectivity index (χ2v) is 4.66. The van der Waals surface area contributed by atoms with Gasteiger partial charge in [-0.2, -0.15) is 0 Å². The van der Waals surface area contributed by atoms with Crippen LogP contribution in [-0.2, 0) is 0 Å². The van der Waals surface area contributed by atoms with Crippen molar-refractivity contribution in [3.8, 4) is 0 Å². The molecule has 0 unspecified atom stereocenters. The molecule has 2 N–H and O–H groups in total. The van der Waals surface area contributed by atoms with Gasteiger partial charge >= 0.3 is 0 Å². The lowest BCUT2D eigenvalue weighted by Crippen LogP contribution is -2.45. The van der Waals surface area contributed by atoms with Crippen LogP contribution in [0, 0.1) is 12.7 Å². The Morgan fingerprint density at radius 1 is 1.38 bits per heavy atom. The summed E-state index contributed by atoms with van der Waals surface area (Å²) in [6.45, 7) is 1.66. The van der Waals surface area contributed by atoms with E-state index in [0.717, 1.165) is 25.7 Å². The Labute approximate surface area is 94.6 Å². The predicted molar refractivity (Wildman–Crippen MR) is 60.9 cm³/mol. The van der Waals surface area contributed by atoms with Gasteiger partial charge in [-0.1, -0.05) is 12.8 Å². The molecular formula is C13H16FNO. The molecule has 1 aromatic carbocycles. The third-order valence-corrected chi connectivity index (χ3v) is 3.37. The summed E-state index contributed by atoms with van der Waals surface area (Å²) < 4.78 is 13.1. The number of aryl methyl sites for hydroxylation is 1. The number of ketones is 1. The monoisotopic (exact) mass is 221 g/mol. The van der Waals surface area contributed by atoms with Crippen molar-refractivity contribution in [3.63, 3.8) is 0 Å². The van der Waals surface area contributed by atoms with E-state index in [4.69, 9.17) is 5.73 Å². The highest BCUT2D eigenvalue weighted by Gasteiger charge is 2.37. The zero-order valence-electron chi connectivity index (χ0n) is 9.42. The Morgan fingerprint density at radius 2 is 2.00 bits per heavy atom. The lowest BCUT2D eigenvalue weighted by atomic mass is 9.88. The lowest BCUT2D eigenvalue weighted by molar-refractivity contribution is 0.0892. The van der Waals surface area contributed by atoms with Crippen molar-refractivity contribution >= 4 is 5.78 Å². The quantitative estimate of drug-likeness (QED) is 0.780. The molecule has 1 aliphatic carbocycles. The molecule has 1 aliphatic rings. The highest BCUT2D eigenvalue weighted by Crippen LogP contribution is 2.30. The van der Waals surface area contributed by atoms with E-state index in [0.29, 0.717) is 11.1 Å². The smallest absolute Gasteiger partial charge is 0.182 e. The van der Waals surface area contributed by atoms with Gasteiger partial charge in [0.1, 0.15) is 5.82 Å². The zero-order valence-corrected chi connectivity index (χ0v) is 9.42. The van der Waals surface area contributed by atoms with Crippen LogP contribution in [0.25, 0.3) is 0 Å². The third kappa shape index (κ3) is 1.87. The Hall–Kier alpha value is -1.22. The van der Waals surface area contributed by atoms with Crippen molar-refractivity contribution in [2.75, 3.05) is 0 Å². The van der Waals surface area contributed by atoms with Crippen LogP contribution in [-0.4, -0.2) is 11.3 Å². The highest BCUT2D eigenvalue weighted by molar-refractivity contribution is 6.03. The number of hydrogen-bond acceptors (Lipinski definition) is 2. The molecule has 0 atom stereocenters. The van der Waals surface area contributed by atoms with E-state index < -0.39 is 5.54 Å². The Bertz CT molecular complexity index is 422. The number of rotatable bonds is 2. The number of carbonyl (C=O) groups is 1. The summed E-state index contributed by atoms with van der Waals surface area (Å²) >= 11 is 0. The Balaban J connectivity index is 2.30. The van der Waals surface area contributed by atoms with Crippen molar-refractivity contribution < 1.29 is 9.18 Å². The molecule has 0 aliphatic heterocycles. The van der Waals surface area contributed by atoms with Crippen LogP contribution < -0.4 is 5.73 Å². The minimum absolute atomic E-state index is 0.0481. The molecule has 0 heterocycles. The summed E-state index contributed by atoms with van der Waals surface area (Å²) in [5, 5.41) is 0. The number of nitrogens with two attached hydrogens (primary N) is 1. The van der Waals surface area contributed by atoms with Gasteiger partial charge in [-0.05, 0) is 43.5 Å². The van der Waals surface area contributed by atoms with E-state index in [1.165, 1.54) is 12.1 Å². The van der Waals surface area contributed by atoms with Gasteiger partial charge in [0, 0.05) is 5.56 Å². The molecule has 0 bridgehead atoms. The molecular weight excluding hydrogens is 205 g/mol. The SMILES string of the molecule is Cc1cc(C(=O)C2(N)CCCC2)ccc1F. The molecule has 2 nitrogen and oxygen atoms in total. The van der Waals surface area contributed by atoms with E-state index >= 15 is 0 Å². The molecule has 0 saturated heterocycles. The molecule has 0 spiro atoms. The number of benzene rings is 1. The van der Waals surface area contributed by atoms with Crippen LogP contribution in [0.2, 0.25) is 0 Å². The minimum atomic E-state index is -0.718. The van der Waals surface area contributed by atoms with Crippen LogP contribution in [0.4, 0.5) is 4.39 Å². The lowest BCUT2D eigenvalue weighted by Gasteiger charge is -2.21. The van der Waals surface area contributed by atoms with Crippen LogP contribution in [0.1, 0.15) is 41.6 Å². The maximum absolute atomic E-state index is 13.1.